The first-order chi connectivity index (χ1) is 13.2. The molecule has 2 heterocycles. The van der Waals surface area contributed by atoms with Crippen molar-refractivity contribution in [3.63, 3.8) is 0 Å². The predicted octanol–water partition coefficient (Wildman–Crippen LogP) is 4.24. The molecule has 0 amide bonds. The Morgan fingerprint density at radius 3 is 2.93 bits per heavy atom. The van der Waals surface area contributed by atoms with Crippen LogP contribution in [0.5, 0.6) is 5.75 Å². The molecule has 142 valence electrons. The van der Waals surface area contributed by atoms with Crippen LogP contribution in [0.25, 0.3) is 10.9 Å². The number of methoxy groups -OCH3 is 1. The van der Waals surface area contributed by atoms with Gasteiger partial charge in [-0.25, -0.2) is 0 Å². The van der Waals surface area contributed by atoms with Crippen LogP contribution in [0.1, 0.15) is 29.7 Å². The SMILES string of the molecule is COc1cccc(CN2CCC[C@H](NCc3[nH]c4ccccc4c3C)C2)c1. The van der Waals surface area contributed by atoms with Crippen LogP contribution in [-0.4, -0.2) is 36.1 Å². The van der Waals surface area contributed by atoms with E-state index >= 15 is 0 Å². The van der Waals surface area contributed by atoms with Gasteiger partial charge in [0.2, 0.25) is 0 Å². The van der Waals surface area contributed by atoms with Gasteiger partial charge in [0.05, 0.1) is 7.11 Å². The van der Waals surface area contributed by atoms with Gasteiger partial charge in [-0.15, -0.1) is 0 Å². The zero-order chi connectivity index (χ0) is 18.6. The molecule has 1 atom stereocenters. The van der Waals surface area contributed by atoms with Gasteiger partial charge in [0.15, 0.2) is 0 Å². The van der Waals surface area contributed by atoms with Crippen molar-refractivity contribution in [2.24, 2.45) is 0 Å². The molecule has 0 radical (unpaired) electrons. The summed E-state index contributed by atoms with van der Waals surface area (Å²) in [5, 5.41) is 5.11. The van der Waals surface area contributed by atoms with Gasteiger partial charge in [-0.1, -0.05) is 30.3 Å². The minimum atomic E-state index is 0.537. The summed E-state index contributed by atoms with van der Waals surface area (Å²) in [7, 11) is 1.73. The smallest absolute Gasteiger partial charge is 0.119 e. The molecule has 1 fully saturated rings. The zero-order valence-corrected chi connectivity index (χ0v) is 16.3. The predicted molar refractivity (Wildman–Crippen MR) is 111 cm³/mol. The fraction of sp³-hybridized carbons (Fsp3) is 0.391. The number of hydrogen-bond donors (Lipinski definition) is 2. The summed E-state index contributed by atoms with van der Waals surface area (Å²) >= 11 is 0. The van der Waals surface area contributed by atoms with Crippen molar-refractivity contribution in [1.29, 1.82) is 0 Å². The molecular formula is C23H29N3O. The first kappa shape index (κ1) is 18.1. The lowest BCUT2D eigenvalue weighted by molar-refractivity contribution is 0.182. The van der Waals surface area contributed by atoms with E-state index in [-0.39, 0.29) is 0 Å². The topological polar surface area (TPSA) is 40.3 Å². The molecule has 0 unspecified atom stereocenters. The Morgan fingerprint density at radius 1 is 1.19 bits per heavy atom. The second kappa shape index (κ2) is 8.15. The Balaban J connectivity index is 1.36. The van der Waals surface area contributed by atoms with Gasteiger partial charge in [0.1, 0.15) is 5.75 Å². The van der Waals surface area contributed by atoms with Gasteiger partial charge in [-0.05, 0) is 55.6 Å². The molecule has 2 N–H and O–H groups in total. The third-order valence-electron chi connectivity index (χ3n) is 5.68. The minimum Gasteiger partial charge on any atom is -0.497 e. The van der Waals surface area contributed by atoms with Gasteiger partial charge in [-0.3, -0.25) is 4.90 Å². The molecule has 27 heavy (non-hydrogen) atoms. The van der Waals surface area contributed by atoms with E-state index in [1.807, 2.05) is 6.07 Å². The Hall–Kier alpha value is -2.30. The lowest BCUT2D eigenvalue weighted by atomic mass is 10.0. The zero-order valence-electron chi connectivity index (χ0n) is 16.3. The fourth-order valence-corrected chi connectivity index (χ4v) is 4.16. The van der Waals surface area contributed by atoms with Crippen LogP contribution in [0, 0.1) is 6.92 Å². The maximum atomic E-state index is 5.35. The maximum Gasteiger partial charge on any atom is 0.119 e. The molecule has 3 aromatic rings. The molecule has 4 rings (SSSR count). The van der Waals surface area contributed by atoms with Crippen LogP contribution in [0.3, 0.4) is 0 Å². The second-order valence-corrected chi connectivity index (χ2v) is 7.58. The first-order valence-electron chi connectivity index (χ1n) is 9.88. The third-order valence-corrected chi connectivity index (χ3v) is 5.68. The molecule has 0 aliphatic carbocycles. The molecule has 1 aliphatic rings. The molecule has 0 spiro atoms. The van der Waals surface area contributed by atoms with Crippen LogP contribution in [0.15, 0.2) is 48.5 Å². The van der Waals surface area contributed by atoms with Crippen LogP contribution < -0.4 is 10.1 Å². The molecule has 1 aliphatic heterocycles. The Morgan fingerprint density at radius 2 is 2.07 bits per heavy atom. The lowest BCUT2D eigenvalue weighted by Gasteiger charge is -2.33. The number of aromatic nitrogens is 1. The normalized spacial score (nSPS) is 18.1. The number of benzene rings is 2. The van der Waals surface area contributed by atoms with Gasteiger partial charge < -0.3 is 15.0 Å². The largest absolute Gasteiger partial charge is 0.497 e. The number of hydrogen-bond acceptors (Lipinski definition) is 3. The van der Waals surface area contributed by atoms with Crippen molar-refractivity contribution in [3.05, 3.63) is 65.4 Å². The van der Waals surface area contributed by atoms with E-state index in [0.717, 1.165) is 25.4 Å². The third kappa shape index (κ3) is 4.18. The summed E-state index contributed by atoms with van der Waals surface area (Å²) in [5.41, 5.74) is 5.22. The molecule has 1 saturated heterocycles. The summed E-state index contributed by atoms with van der Waals surface area (Å²) in [6, 6.07) is 17.5. The quantitative estimate of drug-likeness (QED) is 0.688. The molecule has 4 nitrogen and oxygen atoms in total. The number of H-pyrrole nitrogens is 1. The summed E-state index contributed by atoms with van der Waals surface area (Å²) in [6.07, 6.45) is 2.49. The number of nitrogens with zero attached hydrogens (tertiary/aromatic N) is 1. The molecule has 4 heteroatoms. The number of para-hydroxylation sites is 1. The molecule has 1 aromatic heterocycles. The molecule has 0 bridgehead atoms. The fourth-order valence-electron chi connectivity index (χ4n) is 4.16. The Labute approximate surface area is 161 Å². The number of piperidine rings is 1. The van der Waals surface area contributed by atoms with E-state index in [0.29, 0.717) is 6.04 Å². The number of aromatic amines is 1. The first-order valence-corrected chi connectivity index (χ1v) is 9.88. The van der Waals surface area contributed by atoms with E-state index < -0.39 is 0 Å². The molecule has 0 saturated carbocycles. The summed E-state index contributed by atoms with van der Waals surface area (Å²) < 4.78 is 5.35. The standard InChI is InChI=1S/C23H29N3O/c1-17-21-10-3-4-11-22(21)25-23(17)14-24-19-8-6-12-26(16-19)15-18-7-5-9-20(13-18)27-2/h3-5,7,9-11,13,19,24-25H,6,8,12,14-16H2,1-2H3/t19-/m0/s1. The summed E-state index contributed by atoms with van der Waals surface area (Å²) in [5.74, 6) is 0.938. The van der Waals surface area contributed by atoms with E-state index in [9.17, 15) is 0 Å². The number of ether oxygens (including phenoxy) is 1. The number of likely N-dealkylation sites (tertiary alicyclic amines) is 1. The number of fused-ring (bicyclic) bond motifs is 1. The van der Waals surface area contributed by atoms with Gasteiger partial charge >= 0.3 is 0 Å². The average molecular weight is 364 g/mol. The monoisotopic (exact) mass is 363 g/mol. The van der Waals surface area contributed by atoms with Gasteiger partial charge in [-0.2, -0.15) is 0 Å². The van der Waals surface area contributed by atoms with Crippen LogP contribution in [0.2, 0.25) is 0 Å². The van der Waals surface area contributed by atoms with Gasteiger partial charge in [0, 0.05) is 42.3 Å². The van der Waals surface area contributed by atoms with Crippen LogP contribution >= 0.6 is 0 Å². The second-order valence-electron chi connectivity index (χ2n) is 7.58. The van der Waals surface area contributed by atoms with Crippen LogP contribution in [0.4, 0.5) is 0 Å². The Bertz CT molecular complexity index is 902. The highest BCUT2D eigenvalue weighted by Crippen LogP contribution is 2.22. The van der Waals surface area contributed by atoms with Gasteiger partial charge in [0.25, 0.3) is 0 Å². The van der Waals surface area contributed by atoms with Crippen molar-refractivity contribution in [2.75, 3.05) is 20.2 Å². The molecular weight excluding hydrogens is 334 g/mol. The summed E-state index contributed by atoms with van der Waals surface area (Å²) in [4.78, 5) is 6.13. The van der Waals surface area contributed by atoms with E-state index in [2.05, 4.69) is 64.6 Å². The highest BCUT2D eigenvalue weighted by Gasteiger charge is 2.20. The minimum absolute atomic E-state index is 0.537. The van der Waals surface area contributed by atoms with E-state index in [1.54, 1.807) is 7.11 Å². The van der Waals surface area contributed by atoms with Crippen molar-refractivity contribution in [2.45, 2.75) is 38.9 Å². The highest BCUT2D eigenvalue weighted by molar-refractivity contribution is 5.84. The van der Waals surface area contributed by atoms with E-state index in [4.69, 9.17) is 4.74 Å². The Kier molecular flexibility index (Phi) is 5.46. The average Bonchev–Trinajstić information content (AvgIpc) is 3.03. The number of aryl methyl sites for hydroxylation is 1. The van der Waals surface area contributed by atoms with Crippen molar-refractivity contribution < 1.29 is 4.74 Å². The molecule has 2 aromatic carbocycles. The van der Waals surface area contributed by atoms with Crippen molar-refractivity contribution >= 4 is 10.9 Å². The number of rotatable bonds is 6. The lowest BCUT2D eigenvalue weighted by Crippen LogP contribution is -2.45. The van der Waals surface area contributed by atoms with E-state index in [1.165, 1.54) is 47.1 Å². The van der Waals surface area contributed by atoms with Crippen molar-refractivity contribution in [3.8, 4) is 5.75 Å². The maximum absolute atomic E-state index is 5.35. The number of nitrogens with one attached hydrogen (secondary N) is 2. The highest BCUT2D eigenvalue weighted by atomic mass is 16.5. The van der Waals surface area contributed by atoms with Crippen molar-refractivity contribution in [1.82, 2.24) is 15.2 Å². The summed E-state index contributed by atoms with van der Waals surface area (Å²) in [6.45, 7) is 6.36. The van der Waals surface area contributed by atoms with Crippen LogP contribution in [-0.2, 0) is 13.1 Å².